The zero-order valence-electron chi connectivity index (χ0n) is 8.79. The maximum Gasteiger partial charge on any atom is 0.325 e. The number of aromatic nitrogens is 2. The summed E-state index contributed by atoms with van der Waals surface area (Å²) in [6.07, 6.45) is 0. The normalized spacial score (nSPS) is 10.8. The highest BCUT2D eigenvalue weighted by Gasteiger charge is 2.11. The summed E-state index contributed by atoms with van der Waals surface area (Å²) in [5, 5.41) is 0. The molecule has 0 atom stereocenters. The fraction of sp³-hybridized carbons (Fsp3) is 0.200. The van der Waals surface area contributed by atoms with Crippen molar-refractivity contribution in [2.45, 2.75) is 6.54 Å². The Morgan fingerprint density at radius 3 is 3.00 bits per heavy atom. The third kappa shape index (κ3) is 2.25. The number of imidazole rings is 1. The molecule has 0 saturated carbocycles. The number of rotatable bonds is 2. The van der Waals surface area contributed by atoms with Crippen LogP contribution in [0.4, 0.5) is 4.39 Å². The van der Waals surface area contributed by atoms with E-state index in [0.717, 1.165) is 0 Å². The summed E-state index contributed by atoms with van der Waals surface area (Å²) in [5.41, 5.74) is 1.19. The molecule has 0 spiro atoms. The fourth-order valence-electron chi connectivity index (χ4n) is 1.50. The molecule has 0 unspecified atom stereocenters. The second-order valence-electron chi connectivity index (χ2n) is 3.38. The number of benzene rings is 1. The third-order valence-corrected chi connectivity index (χ3v) is 3.26. The maximum absolute atomic E-state index is 13.4. The Bertz CT molecular complexity index is 650. The van der Waals surface area contributed by atoms with Gasteiger partial charge in [-0.05, 0) is 34.2 Å². The van der Waals surface area contributed by atoms with Gasteiger partial charge < -0.3 is 14.3 Å². The molecule has 1 heterocycles. The van der Waals surface area contributed by atoms with E-state index in [-0.39, 0.29) is 6.54 Å². The molecule has 1 aromatic heterocycles. The van der Waals surface area contributed by atoms with E-state index in [0.29, 0.717) is 20.3 Å². The summed E-state index contributed by atoms with van der Waals surface area (Å²) in [4.78, 5) is 14.1. The topological polar surface area (TPSA) is 47.0 Å². The third-order valence-electron chi connectivity index (χ3n) is 2.33. The minimum absolute atomic E-state index is 0.0452. The van der Waals surface area contributed by atoms with Gasteiger partial charge in [-0.15, -0.1) is 0 Å². The lowest BCUT2D eigenvalue weighted by atomic mass is 10.3. The summed E-state index contributed by atoms with van der Waals surface area (Å²) in [6, 6.07) is 2.89. The SMILES string of the molecule is COC(=O)Cn1c(=S)[nH]c2cc(Br)c(F)cc21. The van der Waals surface area contributed by atoms with Crippen molar-refractivity contribution in [3.05, 3.63) is 27.2 Å². The number of hydrogen-bond acceptors (Lipinski definition) is 3. The predicted octanol–water partition coefficient (Wildman–Crippen LogP) is 2.77. The van der Waals surface area contributed by atoms with Crippen molar-refractivity contribution in [2.75, 3.05) is 7.11 Å². The number of methoxy groups -OCH3 is 1. The molecule has 1 aromatic carbocycles. The highest BCUT2D eigenvalue weighted by atomic mass is 79.9. The molecule has 0 aliphatic heterocycles. The van der Waals surface area contributed by atoms with Crippen LogP contribution in [-0.4, -0.2) is 22.6 Å². The summed E-state index contributed by atoms with van der Waals surface area (Å²) in [5.74, 6) is -0.851. The first-order valence-electron chi connectivity index (χ1n) is 4.67. The molecular weight excluding hydrogens is 311 g/mol. The number of carbonyl (C=O) groups is 1. The number of ether oxygens (including phenoxy) is 1. The van der Waals surface area contributed by atoms with Crippen LogP contribution >= 0.6 is 28.1 Å². The van der Waals surface area contributed by atoms with Gasteiger partial charge in [0.1, 0.15) is 12.4 Å². The molecule has 2 aromatic rings. The standard InChI is InChI=1S/C10H8BrFN2O2S/c1-16-9(15)4-14-8-3-6(12)5(11)2-7(8)13-10(14)17/h2-3H,4H2,1H3,(H,13,17). The summed E-state index contributed by atoms with van der Waals surface area (Å²) >= 11 is 8.15. The average Bonchev–Trinajstić information content (AvgIpc) is 2.56. The Balaban J connectivity index is 2.62. The quantitative estimate of drug-likeness (QED) is 0.684. The lowest BCUT2D eigenvalue weighted by molar-refractivity contribution is -0.141. The van der Waals surface area contributed by atoms with Gasteiger partial charge in [0.2, 0.25) is 0 Å². The molecule has 2 rings (SSSR count). The monoisotopic (exact) mass is 318 g/mol. The second-order valence-corrected chi connectivity index (χ2v) is 4.62. The van der Waals surface area contributed by atoms with E-state index in [9.17, 15) is 9.18 Å². The van der Waals surface area contributed by atoms with Crippen LogP contribution in [0.3, 0.4) is 0 Å². The van der Waals surface area contributed by atoms with Gasteiger partial charge >= 0.3 is 5.97 Å². The Morgan fingerprint density at radius 2 is 2.35 bits per heavy atom. The zero-order chi connectivity index (χ0) is 12.6. The first-order chi connectivity index (χ1) is 8.02. The van der Waals surface area contributed by atoms with Crippen molar-refractivity contribution in [2.24, 2.45) is 0 Å². The first kappa shape index (κ1) is 12.3. The molecule has 0 fully saturated rings. The average molecular weight is 319 g/mol. The van der Waals surface area contributed by atoms with Crippen molar-refractivity contribution in [1.82, 2.24) is 9.55 Å². The van der Waals surface area contributed by atoms with Crippen molar-refractivity contribution in [3.8, 4) is 0 Å². The highest BCUT2D eigenvalue weighted by Crippen LogP contribution is 2.23. The van der Waals surface area contributed by atoms with E-state index in [1.165, 1.54) is 17.7 Å². The van der Waals surface area contributed by atoms with Gasteiger partial charge in [-0.25, -0.2) is 4.39 Å². The van der Waals surface area contributed by atoms with Gasteiger partial charge in [0.05, 0.1) is 22.6 Å². The van der Waals surface area contributed by atoms with Crippen LogP contribution in [0, 0.1) is 10.6 Å². The Kier molecular flexibility index (Phi) is 3.30. The van der Waals surface area contributed by atoms with Gasteiger partial charge in [-0.2, -0.15) is 0 Å². The molecule has 1 N–H and O–H groups in total. The molecule has 4 nitrogen and oxygen atoms in total. The van der Waals surface area contributed by atoms with Crippen LogP contribution < -0.4 is 0 Å². The zero-order valence-corrected chi connectivity index (χ0v) is 11.2. The molecule has 0 aliphatic rings. The molecule has 0 bridgehead atoms. The predicted molar refractivity (Wildman–Crippen MR) is 66.8 cm³/mol. The summed E-state index contributed by atoms with van der Waals surface area (Å²) in [6.45, 7) is -0.0452. The Morgan fingerprint density at radius 1 is 1.65 bits per heavy atom. The number of aromatic amines is 1. The number of halogens is 2. The van der Waals surface area contributed by atoms with Gasteiger partial charge in [0, 0.05) is 6.07 Å². The molecule has 0 amide bonds. The lowest BCUT2D eigenvalue weighted by Gasteiger charge is -2.03. The lowest BCUT2D eigenvalue weighted by Crippen LogP contribution is -2.11. The molecule has 0 saturated heterocycles. The van der Waals surface area contributed by atoms with Crippen molar-refractivity contribution in [3.63, 3.8) is 0 Å². The highest BCUT2D eigenvalue weighted by molar-refractivity contribution is 9.10. The fourth-order valence-corrected chi connectivity index (χ4v) is 2.12. The number of nitrogens with one attached hydrogen (secondary N) is 1. The summed E-state index contributed by atoms with van der Waals surface area (Å²) in [7, 11) is 1.29. The number of hydrogen-bond donors (Lipinski definition) is 1. The molecule has 0 aliphatic carbocycles. The molecule has 0 radical (unpaired) electrons. The largest absolute Gasteiger partial charge is 0.468 e. The van der Waals surface area contributed by atoms with Crippen LogP contribution in [0.5, 0.6) is 0 Å². The van der Waals surface area contributed by atoms with Gasteiger partial charge in [0.25, 0.3) is 0 Å². The smallest absolute Gasteiger partial charge is 0.325 e. The number of fused-ring (bicyclic) bond motifs is 1. The molecular formula is C10H8BrFN2O2S. The first-order valence-corrected chi connectivity index (χ1v) is 5.87. The second kappa shape index (κ2) is 4.58. The van der Waals surface area contributed by atoms with E-state index in [4.69, 9.17) is 12.2 Å². The van der Waals surface area contributed by atoms with E-state index in [2.05, 4.69) is 25.7 Å². The van der Waals surface area contributed by atoms with Crippen LogP contribution in [-0.2, 0) is 16.1 Å². The number of nitrogens with zero attached hydrogens (tertiary/aromatic N) is 1. The van der Waals surface area contributed by atoms with Crippen molar-refractivity contribution >= 4 is 45.2 Å². The number of H-pyrrole nitrogens is 1. The molecule has 7 heteroatoms. The van der Waals surface area contributed by atoms with Crippen LogP contribution in [0.2, 0.25) is 0 Å². The van der Waals surface area contributed by atoms with Gasteiger partial charge in [-0.1, -0.05) is 0 Å². The number of carbonyl (C=O) groups excluding carboxylic acids is 1. The van der Waals surface area contributed by atoms with E-state index < -0.39 is 11.8 Å². The Labute approximate surface area is 110 Å². The minimum atomic E-state index is -0.440. The van der Waals surface area contributed by atoms with E-state index >= 15 is 0 Å². The van der Waals surface area contributed by atoms with E-state index in [1.54, 1.807) is 6.07 Å². The number of esters is 1. The molecule has 90 valence electrons. The van der Waals surface area contributed by atoms with Crippen LogP contribution in [0.1, 0.15) is 0 Å². The van der Waals surface area contributed by atoms with E-state index in [1.807, 2.05) is 0 Å². The van der Waals surface area contributed by atoms with Crippen molar-refractivity contribution < 1.29 is 13.9 Å². The Hall–Kier alpha value is -1.21. The summed E-state index contributed by atoms with van der Waals surface area (Å²) < 4.78 is 20.2. The van der Waals surface area contributed by atoms with Gasteiger partial charge in [-0.3, -0.25) is 4.79 Å². The van der Waals surface area contributed by atoms with Crippen LogP contribution in [0.25, 0.3) is 11.0 Å². The van der Waals surface area contributed by atoms with Gasteiger partial charge in [0.15, 0.2) is 4.77 Å². The molecule has 17 heavy (non-hydrogen) atoms. The van der Waals surface area contributed by atoms with Crippen molar-refractivity contribution in [1.29, 1.82) is 0 Å². The van der Waals surface area contributed by atoms with Crippen LogP contribution in [0.15, 0.2) is 16.6 Å². The minimum Gasteiger partial charge on any atom is -0.468 e. The maximum atomic E-state index is 13.4.